The average molecular weight is 254 g/mol. The number of H-pyrrole nitrogens is 1. The number of aryl methyl sites for hydroxylation is 1. The smallest absolute Gasteiger partial charge is 0.289 e. The quantitative estimate of drug-likeness (QED) is 0.848. The minimum absolute atomic E-state index is 0.433. The summed E-state index contributed by atoms with van der Waals surface area (Å²) in [4.78, 5) is 3.18. The number of aromatic nitrogens is 1. The Kier molecular flexibility index (Phi) is 2.75. The lowest BCUT2D eigenvalue weighted by Gasteiger charge is -2.22. The first-order chi connectivity index (χ1) is 9.20. The Labute approximate surface area is 111 Å². The van der Waals surface area contributed by atoms with Crippen LogP contribution in [0.3, 0.4) is 0 Å². The Hall–Kier alpha value is -2.28. The predicted octanol–water partition coefficient (Wildman–Crippen LogP) is 2.34. The number of pyridine rings is 1. The lowest BCUT2D eigenvalue weighted by atomic mass is 9.83. The van der Waals surface area contributed by atoms with Crippen LogP contribution in [0.1, 0.15) is 30.2 Å². The molecule has 1 atom stereocenters. The fourth-order valence-corrected chi connectivity index (χ4v) is 2.83. The van der Waals surface area contributed by atoms with Crippen LogP contribution in [0.15, 0.2) is 22.8 Å². The second-order valence-electron chi connectivity index (χ2n) is 5.18. The van der Waals surface area contributed by atoms with Gasteiger partial charge in [-0.1, -0.05) is 6.92 Å². The largest absolute Gasteiger partial charge is 0.464 e. The van der Waals surface area contributed by atoms with Gasteiger partial charge >= 0.3 is 0 Å². The van der Waals surface area contributed by atoms with Crippen molar-refractivity contribution in [3.8, 4) is 17.4 Å². The van der Waals surface area contributed by atoms with Crippen molar-refractivity contribution in [2.24, 2.45) is 5.92 Å². The minimum Gasteiger partial charge on any atom is -0.464 e. The van der Waals surface area contributed by atoms with Crippen molar-refractivity contribution in [3.63, 3.8) is 0 Å². The van der Waals surface area contributed by atoms with Crippen LogP contribution >= 0.6 is 0 Å². The van der Waals surface area contributed by atoms with E-state index in [-0.39, 0.29) is 0 Å². The molecule has 2 aromatic rings. The third-order valence-corrected chi connectivity index (χ3v) is 3.79. The lowest BCUT2D eigenvalue weighted by molar-refractivity contribution is -0.375. The van der Waals surface area contributed by atoms with Gasteiger partial charge in [0.15, 0.2) is 5.56 Å². The highest BCUT2D eigenvalue weighted by Crippen LogP contribution is 2.35. The number of fused-ring (bicyclic) bond motifs is 1. The van der Waals surface area contributed by atoms with Crippen LogP contribution in [0, 0.1) is 17.2 Å². The van der Waals surface area contributed by atoms with Crippen LogP contribution in [0.2, 0.25) is 0 Å². The van der Waals surface area contributed by atoms with E-state index in [4.69, 9.17) is 10.2 Å². The molecule has 96 valence electrons. The molecule has 0 spiro atoms. The molecular formula is C15H16N3O+. The average Bonchev–Trinajstić information content (AvgIpc) is 2.91. The maximum atomic E-state index is 9.37. The van der Waals surface area contributed by atoms with E-state index in [1.54, 1.807) is 6.26 Å². The van der Waals surface area contributed by atoms with Gasteiger partial charge in [-0.3, -0.25) is 5.73 Å². The molecule has 2 aromatic heterocycles. The molecule has 19 heavy (non-hydrogen) atoms. The van der Waals surface area contributed by atoms with Gasteiger partial charge in [-0.25, -0.2) is 4.98 Å². The highest BCUT2D eigenvalue weighted by atomic mass is 16.3. The number of nitrogens with two attached hydrogens (primary N) is 1. The summed E-state index contributed by atoms with van der Waals surface area (Å²) in [5.41, 5.74) is 9.65. The second-order valence-corrected chi connectivity index (χ2v) is 5.18. The first kappa shape index (κ1) is 11.8. The number of hydrogen-bond acceptors (Lipinski definition) is 3. The van der Waals surface area contributed by atoms with Gasteiger partial charge in [0, 0.05) is 12.0 Å². The number of furan rings is 1. The van der Waals surface area contributed by atoms with Gasteiger partial charge in [-0.15, -0.1) is 0 Å². The van der Waals surface area contributed by atoms with Crippen LogP contribution in [0.4, 0.5) is 5.82 Å². The highest BCUT2D eigenvalue weighted by Gasteiger charge is 2.28. The third-order valence-electron chi connectivity index (χ3n) is 3.79. The predicted molar refractivity (Wildman–Crippen MR) is 71.0 cm³/mol. The van der Waals surface area contributed by atoms with Crippen molar-refractivity contribution in [3.05, 3.63) is 35.2 Å². The van der Waals surface area contributed by atoms with Crippen molar-refractivity contribution in [2.75, 3.05) is 5.73 Å². The molecule has 1 aliphatic rings. The summed E-state index contributed by atoms with van der Waals surface area (Å²) < 4.78 is 5.50. The van der Waals surface area contributed by atoms with Crippen molar-refractivity contribution in [1.29, 1.82) is 5.26 Å². The van der Waals surface area contributed by atoms with Crippen LogP contribution < -0.4 is 10.7 Å². The zero-order valence-corrected chi connectivity index (χ0v) is 10.9. The number of aromatic amines is 1. The van der Waals surface area contributed by atoms with E-state index >= 15 is 0 Å². The molecule has 0 bridgehead atoms. The molecule has 0 saturated heterocycles. The molecule has 4 nitrogen and oxygen atoms in total. The zero-order chi connectivity index (χ0) is 13.4. The number of rotatable bonds is 1. The van der Waals surface area contributed by atoms with Gasteiger partial charge in [0.25, 0.3) is 5.82 Å². The van der Waals surface area contributed by atoms with Crippen molar-refractivity contribution in [1.82, 2.24) is 0 Å². The van der Waals surface area contributed by atoms with E-state index < -0.39 is 0 Å². The van der Waals surface area contributed by atoms with E-state index in [9.17, 15) is 5.26 Å². The van der Waals surface area contributed by atoms with Gasteiger partial charge in [-0.2, -0.15) is 5.26 Å². The van der Waals surface area contributed by atoms with Gasteiger partial charge in [0.1, 0.15) is 17.5 Å². The zero-order valence-electron chi connectivity index (χ0n) is 10.9. The molecule has 0 amide bonds. The maximum absolute atomic E-state index is 9.37. The number of anilines is 1. The summed E-state index contributed by atoms with van der Waals surface area (Å²) >= 11 is 0. The van der Waals surface area contributed by atoms with Gasteiger partial charge < -0.3 is 4.42 Å². The summed E-state index contributed by atoms with van der Waals surface area (Å²) in [7, 11) is 0. The third kappa shape index (κ3) is 1.88. The lowest BCUT2D eigenvalue weighted by Crippen LogP contribution is -2.26. The van der Waals surface area contributed by atoms with E-state index in [2.05, 4.69) is 18.0 Å². The Morgan fingerprint density at radius 1 is 1.53 bits per heavy atom. The van der Waals surface area contributed by atoms with Crippen LogP contribution in [0.5, 0.6) is 0 Å². The maximum Gasteiger partial charge on any atom is 0.289 e. The monoisotopic (exact) mass is 254 g/mol. The van der Waals surface area contributed by atoms with E-state index in [0.717, 1.165) is 36.3 Å². The normalized spacial score (nSPS) is 17.8. The molecule has 0 radical (unpaired) electrons. The SMILES string of the molecule is C[C@H]1CCc2[nH+]c(N)c(C#N)c(-c3ccco3)c2C1. The van der Waals surface area contributed by atoms with Gasteiger partial charge in [-0.05, 0) is 30.9 Å². The Balaban J connectivity index is 2.30. The molecular weight excluding hydrogens is 238 g/mol. The molecule has 0 saturated carbocycles. The van der Waals surface area contributed by atoms with Crippen molar-refractivity contribution >= 4 is 5.82 Å². The molecule has 0 aliphatic heterocycles. The Morgan fingerprint density at radius 3 is 3.05 bits per heavy atom. The first-order valence-electron chi connectivity index (χ1n) is 6.51. The van der Waals surface area contributed by atoms with E-state index in [1.165, 1.54) is 5.56 Å². The standard InChI is InChI=1S/C15H15N3O/c1-9-4-5-12-10(7-9)14(13-3-2-6-19-13)11(8-16)15(17)18-12/h2-3,6,9H,4-5,7H2,1H3,(H2,17,18)/p+1/t9-/m0/s1. The fraction of sp³-hybridized carbons (Fsp3) is 0.333. The van der Waals surface area contributed by atoms with Crippen LogP contribution in [-0.2, 0) is 12.8 Å². The summed E-state index contributed by atoms with van der Waals surface area (Å²) in [5.74, 6) is 1.77. The highest BCUT2D eigenvalue weighted by molar-refractivity contribution is 5.74. The summed E-state index contributed by atoms with van der Waals surface area (Å²) in [5, 5.41) is 9.37. The number of nitrogens with zero attached hydrogens (tertiary/aromatic N) is 1. The van der Waals surface area contributed by atoms with Gasteiger partial charge in [0.2, 0.25) is 0 Å². The first-order valence-corrected chi connectivity index (χ1v) is 6.51. The summed E-state index contributed by atoms with van der Waals surface area (Å²) in [6.07, 6.45) is 4.70. The number of nitrogens with one attached hydrogen (secondary N) is 1. The molecule has 0 fully saturated rings. The Morgan fingerprint density at radius 2 is 2.37 bits per heavy atom. The molecule has 1 aliphatic carbocycles. The number of nitrogen functional groups attached to an aromatic ring is 1. The fourth-order valence-electron chi connectivity index (χ4n) is 2.83. The van der Waals surface area contributed by atoms with Crippen molar-refractivity contribution in [2.45, 2.75) is 26.2 Å². The van der Waals surface area contributed by atoms with Gasteiger partial charge in [0.05, 0.1) is 11.8 Å². The molecule has 0 unspecified atom stereocenters. The molecule has 2 heterocycles. The minimum atomic E-state index is 0.433. The number of hydrogen-bond donors (Lipinski definition) is 1. The summed E-state index contributed by atoms with van der Waals surface area (Å²) in [6.45, 7) is 2.23. The molecule has 3 N–H and O–H groups in total. The van der Waals surface area contributed by atoms with E-state index in [0.29, 0.717) is 17.3 Å². The Bertz CT molecular complexity index is 653. The second kappa shape index (κ2) is 4.43. The van der Waals surface area contributed by atoms with E-state index in [1.807, 2.05) is 12.1 Å². The molecule has 0 aromatic carbocycles. The number of nitriles is 1. The molecule has 4 heteroatoms. The van der Waals surface area contributed by atoms with Crippen molar-refractivity contribution < 1.29 is 9.40 Å². The van der Waals surface area contributed by atoms with Crippen LogP contribution in [0.25, 0.3) is 11.3 Å². The summed E-state index contributed by atoms with van der Waals surface area (Å²) in [6, 6.07) is 5.92. The van der Waals surface area contributed by atoms with Crippen LogP contribution in [-0.4, -0.2) is 0 Å². The molecule has 3 rings (SSSR count). The topological polar surface area (TPSA) is 77.1 Å².